The minimum absolute atomic E-state index is 0.00657. The number of carbonyl (C=O) groups excluding carboxylic acids is 1. The molecule has 1 aliphatic rings. The highest BCUT2D eigenvalue weighted by Gasteiger charge is 2.24. The molecule has 3 aromatic heterocycles. The van der Waals surface area contributed by atoms with Crippen molar-refractivity contribution in [2.24, 2.45) is 0 Å². The van der Waals surface area contributed by atoms with Crippen molar-refractivity contribution in [2.45, 2.75) is 6.54 Å². The van der Waals surface area contributed by atoms with Crippen molar-refractivity contribution in [1.82, 2.24) is 29.5 Å². The van der Waals surface area contributed by atoms with E-state index in [1.54, 1.807) is 24.5 Å². The average molecular weight is 447 g/mol. The zero-order valence-electron chi connectivity index (χ0n) is 17.4. The van der Waals surface area contributed by atoms with Gasteiger partial charge in [-0.15, -0.1) is 11.3 Å². The van der Waals surface area contributed by atoms with Crippen LogP contribution in [0.1, 0.15) is 9.80 Å². The van der Waals surface area contributed by atoms with E-state index in [0.717, 1.165) is 34.6 Å². The maximum atomic E-state index is 12.9. The van der Waals surface area contributed by atoms with Gasteiger partial charge < -0.3 is 4.90 Å². The molecule has 0 radical (unpaired) electrons. The van der Waals surface area contributed by atoms with Gasteiger partial charge in [-0.05, 0) is 30.3 Å². The van der Waals surface area contributed by atoms with E-state index in [2.05, 4.69) is 20.0 Å². The van der Waals surface area contributed by atoms with E-state index in [1.165, 1.54) is 16.0 Å². The van der Waals surface area contributed by atoms with Crippen molar-refractivity contribution < 1.29 is 4.79 Å². The Morgan fingerprint density at radius 2 is 1.81 bits per heavy atom. The lowest BCUT2D eigenvalue weighted by Gasteiger charge is -2.34. The molecule has 1 aliphatic heterocycles. The highest BCUT2D eigenvalue weighted by Crippen LogP contribution is 2.23. The van der Waals surface area contributed by atoms with Gasteiger partial charge in [0, 0.05) is 56.7 Å². The second kappa shape index (κ2) is 8.97. The van der Waals surface area contributed by atoms with Crippen LogP contribution >= 0.6 is 11.3 Å². The third-order valence-electron chi connectivity index (χ3n) is 5.59. The molecule has 1 fully saturated rings. The highest BCUT2D eigenvalue weighted by molar-refractivity contribution is 7.20. The molecule has 0 bridgehead atoms. The van der Waals surface area contributed by atoms with Crippen LogP contribution in [-0.4, -0.2) is 68.2 Å². The van der Waals surface area contributed by atoms with E-state index in [1.807, 2.05) is 41.3 Å². The summed E-state index contributed by atoms with van der Waals surface area (Å²) < 4.78 is 2.53. The maximum absolute atomic E-state index is 12.9. The number of aromatic nitrogens is 4. The van der Waals surface area contributed by atoms with Gasteiger partial charge in [-0.1, -0.05) is 12.1 Å². The third kappa shape index (κ3) is 4.30. The lowest BCUT2D eigenvalue weighted by atomic mass is 10.2. The van der Waals surface area contributed by atoms with Gasteiger partial charge in [0.05, 0.1) is 22.5 Å². The van der Waals surface area contributed by atoms with Gasteiger partial charge >= 0.3 is 0 Å². The van der Waals surface area contributed by atoms with Crippen LogP contribution in [-0.2, 0) is 6.54 Å². The molecular formula is C23H22N6O2S. The second-order valence-electron chi connectivity index (χ2n) is 7.64. The molecule has 0 spiro atoms. The molecule has 162 valence electrons. The Kier molecular flexibility index (Phi) is 5.74. The molecule has 1 aromatic carbocycles. The fourth-order valence-electron chi connectivity index (χ4n) is 3.79. The standard InChI is InChI=1S/C23H22N6O2S/c30-21-8-7-18(17-4-3-9-24-16-17)26-29(21)15-12-27-10-13-28(14-11-27)23(31)22-25-19-5-1-2-6-20(19)32-22/h1-9,16H,10-15H2. The molecule has 0 unspecified atom stereocenters. The van der Waals surface area contributed by atoms with Crippen LogP contribution < -0.4 is 5.56 Å². The molecule has 0 atom stereocenters. The molecule has 0 N–H and O–H groups in total. The molecule has 4 aromatic rings. The molecule has 5 rings (SSSR count). The van der Waals surface area contributed by atoms with Crippen molar-refractivity contribution in [3.8, 4) is 11.3 Å². The van der Waals surface area contributed by atoms with Crippen LogP contribution in [0.15, 0.2) is 65.7 Å². The van der Waals surface area contributed by atoms with Crippen molar-refractivity contribution in [1.29, 1.82) is 0 Å². The average Bonchev–Trinajstić information content (AvgIpc) is 3.28. The number of benzene rings is 1. The minimum atomic E-state index is -0.123. The van der Waals surface area contributed by atoms with Crippen LogP contribution in [0.2, 0.25) is 0 Å². The Morgan fingerprint density at radius 1 is 0.969 bits per heavy atom. The molecule has 32 heavy (non-hydrogen) atoms. The van der Waals surface area contributed by atoms with Crippen LogP contribution in [0.25, 0.3) is 21.5 Å². The van der Waals surface area contributed by atoms with Crippen LogP contribution in [0.4, 0.5) is 0 Å². The smallest absolute Gasteiger partial charge is 0.282 e. The zero-order valence-corrected chi connectivity index (χ0v) is 18.2. The molecule has 8 nitrogen and oxygen atoms in total. The second-order valence-corrected chi connectivity index (χ2v) is 8.67. The lowest BCUT2D eigenvalue weighted by Crippen LogP contribution is -2.49. The monoisotopic (exact) mass is 446 g/mol. The number of hydrogen-bond donors (Lipinski definition) is 0. The number of nitrogens with zero attached hydrogens (tertiary/aromatic N) is 6. The molecule has 0 aliphatic carbocycles. The lowest BCUT2D eigenvalue weighted by molar-refractivity contribution is 0.0631. The number of piperazine rings is 1. The Balaban J connectivity index is 1.18. The Labute approximate surface area is 188 Å². The number of thiazole rings is 1. The predicted molar refractivity (Wildman–Crippen MR) is 124 cm³/mol. The molecule has 1 saturated heterocycles. The number of amides is 1. The van der Waals surface area contributed by atoms with E-state index in [-0.39, 0.29) is 11.5 Å². The highest BCUT2D eigenvalue weighted by atomic mass is 32.1. The summed E-state index contributed by atoms with van der Waals surface area (Å²) in [7, 11) is 0. The summed E-state index contributed by atoms with van der Waals surface area (Å²) in [6.45, 7) is 4.01. The Hall–Kier alpha value is -3.43. The quantitative estimate of drug-likeness (QED) is 0.468. The third-order valence-corrected chi connectivity index (χ3v) is 6.61. The number of para-hydroxylation sites is 1. The predicted octanol–water partition coefficient (Wildman–Crippen LogP) is 2.37. The summed E-state index contributed by atoms with van der Waals surface area (Å²) in [4.78, 5) is 37.8. The summed E-state index contributed by atoms with van der Waals surface area (Å²) >= 11 is 1.44. The van der Waals surface area contributed by atoms with Crippen molar-refractivity contribution in [3.63, 3.8) is 0 Å². The molecular weight excluding hydrogens is 424 g/mol. The van der Waals surface area contributed by atoms with E-state index < -0.39 is 0 Å². The first kappa shape index (κ1) is 20.5. The number of carbonyl (C=O) groups is 1. The topological polar surface area (TPSA) is 84.2 Å². The number of fused-ring (bicyclic) bond motifs is 1. The van der Waals surface area contributed by atoms with Crippen LogP contribution in [0.5, 0.6) is 0 Å². The molecule has 1 amide bonds. The maximum Gasteiger partial charge on any atom is 0.282 e. The van der Waals surface area contributed by atoms with E-state index in [0.29, 0.717) is 31.2 Å². The minimum Gasteiger partial charge on any atom is -0.334 e. The SMILES string of the molecule is O=C(c1nc2ccccc2s1)N1CCN(CCn2nc(-c3cccnc3)ccc2=O)CC1. The van der Waals surface area contributed by atoms with Gasteiger partial charge in [0.15, 0.2) is 5.01 Å². The van der Waals surface area contributed by atoms with E-state index in [4.69, 9.17) is 0 Å². The molecule has 4 heterocycles. The fraction of sp³-hybridized carbons (Fsp3) is 0.261. The largest absolute Gasteiger partial charge is 0.334 e. The van der Waals surface area contributed by atoms with Crippen molar-refractivity contribution in [3.05, 3.63) is 76.3 Å². The van der Waals surface area contributed by atoms with Crippen molar-refractivity contribution in [2.75, 3.05) is 32.7 Å². The van der Waals surface area contributed by atoms with Gasteiger partial charge in [0.2, 0.25) is 0 Å². The van der Waals surface area contributed by atoms with Gasteiger partial charge in [0.25, 0.3) is 11.5 Å². The number of hydrogen-bond acceptors (Lipinski definition) is 7. The fourth-order valence-corrected chi connectivity index (χ4v) is 4.72. The first-order chi connectivity index (χ1) is 15.7. The normalized spacial score (nSPS) is 14.7. The van der Waals surface area contributed by atoms with Gasteiger partial charge in [-0.25, -0.2) is 9.67 Å². The van der Waals surface area contributed by atoms with Gasteiger partial charge in [-0.3, -0.25) is 19.5 Å². The summed E-state index contributed by atoms with van der Waals surface area (Å²) in [6, 6.07) is 14.8. The summed E-state index contributed by atoms with van der Waals surface area (Å²) in [5, 5.41) is 5.04. The van der Waals surface area contributed by atoms with Gasteiger partial charge in [-0.2, -0.15) is 5.10 Å². The summed E-state index contributed by atoms with van der Waals surface area (Å²) in [5.41, 5.74) is 2.35. The number of pyridine rings is 1. The Bertz CT molecular complexity index is 1260. The van der Waals surface area contributed by atoms with Crippen molar-refractivity contribution >= 4 is 27.5 Å². The van der Waals surface area contributed by atoms with Crippen LogP contribution in [0.3, 0.4) is 0 Å². The molecule has 9 heteroatoms. The molecule has 0 saturated carbocycles. The summed E-state index contributed by atoms with van der Waals surface area (Å²) in [5.74, 6) is -0.00657. The van der Waals surface area contributed by atoms with Crippen LogP contribution in [0, 0.1) is 0 Å². The zero-order chi connectivity index (χ0) is 21.9. The first-order valence-corrected chi connectivity index (χ1v) is 11.3. The Morgan fingerprint density at radius 3 is 2.59 bits per heavy atom. The summed E-state index contributed by atoms with van der Waals surface area (Å²) in [6.07, 6.45) is 3.44. The number of rotatable bonds is 5. The van der Waals surface area contributed by atoms with Gasteiger partial charge in [0.1, 0.15) is 0 Å². The first-order valence-electron chi connectivity index (χ1n) is 10.5. The van der Waals surface area contributed by atoms with E-state index >= 15 is 0 Å². The van der Waals surface area contributed by atoms with E-state index in [9.17, 15) is 9.59 Å².